The second kappa shape index (κ2) is 9.26. The third-order valence-electron chi connectivity index (χ3n) is 5.10. The van der Waals surface area contributed by atoms with Gasteiger partial charge in [-0.2, -0.15) is 0 Å². The van der Waals surface area contributed by atoms with Gasteiger partial charge in [0, 0.05) is 6.54 Å². The molecule has 1 aliphatic rings. The van der Waals surface area contributed by atoms with E-state index in [1.54, 1.807) is 0 Å². The third-order valence-corrected chi connectivity index (χ3v) is 5.10. The molecule has 3 nitrogen and oxygen atoms in total. The molecular formula is C22H28N2O. The van der Waals surface area contributed by atoms with E-state index >= 15 is 0 Å². The van der Waals surface area contributed by atoms with Gasteiger partial charge in [0.2, 0.25) is 0 Å². The van der Waals surface area contributed by atoms with Crippen molar-refractivity contribution in [2.24, 2.45) is 5.92 Å². The molecule has 0 aliphatic heterocycles. The van der Waals surface area contributed by atoms with E-state index in [0.29, 0.717) is 0 Å². The minimum absolute atomic E-state index is 0.0893. The van der Waals surface area contributed by atoms with Crippen molar-refractivity contribution in [1.29, 1.82) is 0 Å². The van der Waals surface area contributed by atoms with Gasteiger partial charge in [-0.3, -0.25) is 0 Å². The summed E-state index contributed by atoms with van der Waals surface area (Å²) in [4.78, 5) is 12.4. The molecule has 0 radical (unpaired) electrons. The molecule has 0 saturated heterocycles. The molecule has 0 bridgehead atoms. The zero-order chi connectivity index (χ0) is 17.3. The zero-order valence-corrected chi connectivity index (χ0v) is 14.8. The molecule has 3 rings (SSSR count). The molecule has 0 heterocycles. The molecule has 2 amide bonds. The van der Waals surface area contributed by atoms with Crippen molar-refractivity contribution in [3.8, 4) is 0 Å². The van der Waals surface area contributed by atoms with E-state index in [-0.39, 0.29) is 12.1 Å². The number of nitrogens with one attached hydrogen (secondary N) is 2. The number of hydrogen-bond acceptors (Lipinski definition) is 1. The van der Waals surface area contributed by atoms with Crippen molar-refractivity contribution in [3.63, 3.8) is 0 Å². The van der Waals surface area contributed by atoms with E-state index in [1.807, 2.05) is 36.4 Å². The molecule has 0 unspecified atom stereocenters. The first-order valence-electron chi connectivity index (χ1n) is 9.47. The van der Waals surface area contributed by atoms with Crippen molar-refractivity contribution < 1.29 is 4.79 Å². The smallest absolute Gasteiger partial charge is 0.315 e. The van der Waals surface area contributed by atoms with Crippen molar-refractivity contribution in [2.75, 3.05) is 6.54 Å². The van der Waals surface area contributed by atoms with Gasteiger partial charge in [0.15, 0.2) is 0 Å². The van der Waals surface area contributed by atoms with Crippen LogP contribution in [0.4, 0.5) is 4.79 Å². The summed E-state index contributed by atoms with van der Waals surface area (Å²) in [5.74, 6) is 0.785. The fourth-order valence-electron chi connectivity index (χ4n) is 3.70. The van der Waals surface area contributed by atoms with Crippen LogP contribution < -0.4 is 10.6 Å². The Labute approximate surface area is 150 Å². The lowest BCUT2D eigenvalue weighted by Crippen LogP contribution is -2.39. The Bertz CT molecular complexity index is 596. The van der Waals surface area contributed by atoms with E-state index in [4.69, 9.17) is 0 Å². The number of benzene rings is 2. The van der Waals surface area contributed by atoms with Crippen molar-refractivity contribution in [1.82, 2.24) is 10.6 Å². The Morgan fingerprint density at radius 1 is 0.880 bits per heavy atom. The van der Waals surface area contributed by atoms with Crippen LogP contribution in [0.15, 0.2) is 60.7 Å². The van der Waals surface area contributed by atoms with E-state index in [0.717, 1.165) is 30.0 Å². The predicted octanol–water partition coefficient (Wildman–Crippen LogP) is 5.05. The summed E-state index contributed by atoms with van der Waals surface area (Å²) < 4.78 is 0. The van der Waals surface area contributed by atoms with Gasteiger partial charge in [0.05, 0.1) is 6.04 Å². The molecule has 0 aromatic heterocycles. The maximum atomic E-state index is 12.4. The Kier molecular flexibility index (Phi) is 6.49. The van der Waals surface area contributed by atoms with Crippen molar-refractivity contribution in [2.45, 2.75) is 44.6 Å². The van der Waals surface area contributed by atoms with Crippen LogP contribution in [0.5, 0.6) is 0 Å². The van der Waals surface area contributed by atoms with E-state index in [9.17, 15) is 4.79 Å². The highest BCUT2D eigenvalue weighted by atomic mass is 16.2. The number of carbonyl (C=O) groups is 1. The molecule has 0 spiro atoms. The first-order valence-corrected chi connectivity index (χ1v) is 9.47. The molecule has 25 heavy (non-hydrogen) atoms. The minimum atomic E-state index is -0.128. The Morgan fingerprint density at radius 2 is 1.44 bits per heavy atom. The lowest BCUT2D eigenvalue weighted by atomic mass is 9.87. The van der Waals surface area contributed by atoms with Crippen LogP contribution in [0.1, 0.15) is 55.7 Å². The molecular weight excluding hydrogens is 308 g/mol. The van der Waals surface area contributed by atoms with Gasteiger partial charge in [-0.15, -0.1) is 0 Å². The van der Waals surface area contributed by atoms with Gasteiger partial charge in [0.25, 0.3) is 0 Å². The summed E-state index contributed by atoms with van der Waals surface area (Å²) in [5, 5.41) is 6.19. The number of rotatable bonds is 6. The third kappa shape index (κ3) is 5.35. The van der Waals surface area contributed by atoms with E-state index in [1.165, 1.54) is 32.1 Å². The summed E-state index contributed by atoms with van der Waals surface area (Å²) in [6.07, 6.45) is 7.80. The largest absolute Gasteiger partial charge is 0.338 e. The van der Waals surface area contributed by atoms with Gasteiger partial charge in [-0.25, -0.2) is 4.79 Å². The maximum Gasteiger partial charge on any atom is 0.315 e. The lowest BCUT2D eigenvalue weighted by Gasteiger charge is -2.23. The number of hydrogen-bond donors (Lipinski definition) is 2. The summed E-state index contributed by atoms with van der Waals surface area (Å²) in [7, 11) is 0. The summed E-state index contributed by atoms with van der Waals surface area (Å²) in [6.45, 7) is 0.757. The summed E-state index contributed by atoms with van der Waals surface area (Å²) >= 11 is 0. The number of carbonyl (C=O) groups excluding carboxylic acids is 1. The first-order chi connectivity index (χ1) is 12.3. The number of amides is 2. The molecule has 2 aromatic carbocycles. The van der Waals surface area contributed by atoms with Crippen LogP contribution in [0.25, 0.3) is 0 Å². The molecule has 0 atom stereocenters. The highest BCUT2D eigenvalue weighted by molar-refractivity contribution is 5.75. The highest BCUT2D eigenvalue weighted by Crippen LogP contribution is 2.26. The van der Waals surface area contributed by atoms with E-state index < -0.39 is 0 Å². The molecule has 2 N–H and O–H groups in total. The lowest BCUT2D eigenvalue weighted by molar-refractivity contribution is 0.236. The minimum Gasteiger partial charge on any atom is -0.338 e. The van der Waals surface area contributed by atoms with Crippen molar-refractivity contribution in [3.05, 3.63) is 71.8 Å². The van der Waals surface area contributed by atoms with Crippen LogP contribution in [-0.2, 0) is 0 Å². The topological polar surface area (TPSA) is 41.1 Å². The average Bonchev–Trinajstić information content (AvgIpc) is 2.68. The molecule has 3 heteroatoms. The van der Waals surface area contributed by atoms with Crippen LogP contribution in [-0.4, -0.2) is 12.6 Å². The Morgan fingerprint density at radius 3 is 2.00 bits per heavy atom. The number of urea groups is 1. The van der Waals surface area contributed by atoms with E-state index in [2.05, 4.69) is 34.9 Å². The SMILES string of the molecule is O=C(NCCC1CCCCC1)NC(c1ccccc1)c1ccccc1. The van der Waals surface area contributed by atoms with Gasteiger partial charge in [-0.05, 0) is 23.5 Å². The molecule has 2 aromatic rings. The maximum absolute atomic E-state index is 12.4. The molecule has 1 fully saturated rings. The predicted molar refractivity (Wildman–Crippen MR) is 102 cm³/mol. The summed E-state index contributed by atoms with van der Waals surface area (Å²) in [5.41, 5.74) is 2.19. The molecule has 132 valence electrons. The van der Waals surface area contributed by atoms with Gasteiger partial charge < -0.3 is 10.6 Å². The standard InChI is InChI=1S/C22H28N2O/c25-22(23-17-16-18-10-4-1-5-11-18)24-21(19-12-6-2-7-13-19)20-14-8-3-9-15-20/h2-3,6-9,12-15,18,21H,1,4-5,10-11,16-17H2,(H2,23,24,25). The first kappa shape index (κ1) is 17.5. The van der Waals surface area contributed by atoms with Gasteiger partial charge >= 0.3 is 6.03 Å². The fourth-order valence-corrected chi connectivity index (χ4v) is 3.70. The average molecular weight is 336 g/mol. The quantitative estimate of drug-likeness (QED) is 0.762. The molecule has 1 saturated carbocycles. The van der Waals surface area contributed by atoms with Crippen LogP contribution >= 0.6 is 0 Å². The highest BCUT2D eigenvalue weighted by Gasteiger charge is 2.17. The zero-order valence-electron chi connectivity index (χ0n) is 14.8. The van der Waals surface area contributed by atoms with Crippen molar-refractivity contribution >= 4 is 6.03 Å². The van der Waals surface area contributed by atoms with Gasteiger partial charge in [-0.1, -0.05) is 92.8 Å². The molecule has 1 aliphatic carbocycles. The second-order valence-electron chi connectivity index (χ2n) is 6.95. The van der Waals surface area contributed by atoms with Crippen LogP contribution in [0.2, 0.25) is 0 Å². The van der Waals surface area contributed by atoms with Gasteiger partial charge in [0.1, 0.15) is 0 Å². The van der Waals surface area contributed by atoms with Crippen LogP contribution in [0, 0.1) is 5.92 Å². The fraction of sp³-hybridized carbons (Fsp3) is 0.409. The second-order valence-corrected chi connectivity index (χ2v) is 6.95. The Balaban J connectivity index is 1.57. The normalized spacial score (nSPS) is 15.1. The summed E-state index contributed by atoms with van der Waals surface area (Å²) in [6, 6.07) is 20.0. The Hall–Kier alpha value is -2.29. The van der Waals surface area contributed by atoms with Crippen LogP contribution in [0.3, 0.4) is 0 Å². The monoisotopic (exact) mass is 336 g/mol.